The van der Waals surface area contributed by atoms with Crippen molar-refractivity contribution in [3.8, 4) is 5.75 Å². The van der Waals surface area contributed by atoms with Crippen LogP contribution in [0.2, 0.25) is 0 Å². The first-order valence-electron chi connectivity index (χ1n) is 25.9. The number of anilines is 3. The van der Waals surface area contributed by atoms with Crippen molar-refractivity contribution >= 4 is 98.3 Å². The number of aromatic nitrogens is 1. The van der Waals surface area contributed by atoms with E-state index in [1.807, 2.05) is 59.5 Å². The zero-order valence-corrected chi connectivity index (χ0v) is 49.9. The Morgan fingerprint density at radius 1 is 0.902 bits per heavy atom. The molecule has 1 unspecified atom stereocenters. The number of alkyl halides is 2. The van der Waals surface area contributed by atoms with Crippen LogP contribution in [0, 0.1) is 5.82 Å². The Labute approximate surface area is 508 Å². The highest BCUT2D eigenvalue weighted by Gasteiger charge is 2.55. The minimum Gasteiger partial charge on any atom is -1.00 e. The number of hydrogen-bond donors (Lipinski definition) is 3. The van der Waals surface area contributed by atoms with Crippen molar-refractivity contribution in [1.29, 1.82) is 0 Å². The molecule has 3 saturated heterocycles. The van der Waals surface area contributed by atoms with Crippen LogP contribution in [-0.2, 0) is 45.6 Å². The van der Waals surface area contributed by atoms with E-state index in [-0.39, 0.29) is 60.8 Å². The Morgan fingerprint density at radius 3 is 2.12 bits per heavy atom. The molecule has 0 bridgehead atoms. The van der Waals surface area contributed by atoms with E-state index >= 15 is 4.39 Å². The Bertz CT molecular complexity index is 3260. The number of carbonyl (C=O) groups is 5. The summed E-state index contributed by atoms with van der Waals surface area (Å²) in [6.07, 6.45) is -1.37. The van der Waals surface area contributed by atoms with Crippen molar-refractivity contribution in [2.75, 3.05) is 88.0 Å². The molecule has 24 heteroatoms. The summed E-state index contributed by atoms with van der Waals surface area (Å²) < 4.78 is 33.0. The molecule has 82 heavy (non-hydrogen) atoms. The zero-order valence-electron chi connectivity index (χ0n) is 44.6. The van der Waals surface area contributed by atoms with E-state index in [1.165, 1.54) is 46.1 Å². The van der Waals surface area contributed by atoms with Crippen LogP contribution in [0.1, 0.15) is 27.9 Å². The lowest BCUT2D eigenvalue weighted by molar-refractivity contribution is -0.905. The number of nitrogens with zero attached hydrogens (tertiary/aromatic N) is 6. The van der Waals surface area contributed by atoms with Crippen molar-refractivity contribution in [1.82, 2.24) is 20.5 Å². The van der Waals surface area contributed by atoms with Crippen LogP contribution in [0.5, 0.6) is 5.75 Å². The number of halogens is 4. The predicted octanol–water partition coefficient (Wildman–Crippen LogP) is 4.66. The quantitative estimate of drug-likeness (QED) is 0.0140. The van der Waals surface area contributed by atoms with Gasteiger partial charge in [-0.25, -0.2) is 19.0 Å². The SMILES string of the molecule is CO/N=C(\C(=O)N[C@@H]1C(=O)N2C(C(=O)OCc3ccc(OC)cc3)=C(C[N+]3(C)CCN(c4ccc(N5C[C@H](CNC(=O)C(Cl)Cl)OC5=O)cc4F)CC3)CSC12)c1csc(NC(c2ccccc2)(c2ccccc2)c2ccccc2)n1.[I-]. The summed E-state index contributed by atoms with van der Waals surface area (Å²) in [6, 6.07) is 40.7. The molecule has 10 rings (SSSR count). The molecule has 4 aliphatic heterocycles. The first kappa shape index (κ1) is 59.7. The van der Waals surface area contributed by atoms with Gasteiger partial charge in [-0.3, -0.25) is 24.2 Å². The number of rotatable bonds is 20. The average molecular weight is 1310 g/mol. The van der Waals surface area contributed by atoms with Gasteiger partial charge in [0.05, 0.1) is 64.8 Å². The minimum atomic E-state index is -1.27. The Kier molecular flexibility index (Phi) is 19.0. The Balaban J connectivity index is 0.00000810. The fourth-order valence-electron chi connectivity index (χ4n) is 10.5. The number of ether oxygens (including phenoxy) is 3. The van der Waals surface area contributed by atoms with E-state index < -0.39 is 63.5 Å². The van der Waals surface area contributed by atoms with E-state index in [9.17, 15) is 24.0 Å². The summed E-state index contributed by atoms with van der Waals surface area (Å²) in [5.41, 5.74) is 4.24. The average Bonchev–Trinajstić information content (AvgIpc) is 3.53. The van der Waals surface area contributed by atoms with Gasteiger partial charge in [0, 0.05) is 16.7 Å². The number of likely N-dealkylation sites (N-methyl/N-ethyl adjacent to an activating group) is 1. The molecule has 18 nitrogen and oxygen atoms in total. The summed E-state index contributed by atoms with van der Waals surface area (Å²) in [5, 5.41) is 14.8. The van der Waals surface area contributed by atoms with Gasteiger partial charge < -0.3 is 68.4 Å². The highest BCUT2D eigenvalue weighted by Crippen LogP contribution is 2.43. The molecule has 0 aliphatic carbocycles. The van der Waals surface area contributed by atoms with E-state index in [4.69, 9.17) is 47.2 Å². The molecule has 4 amide bonds. The summed E-state index contributed by atoms with van der Waals surface area (Å²) in [5.74, 6) is -2.05. The second kappa shape index (κ2) is 26.1. The number of benzene rings is 5. The predicted molar refractivity (Wildman–Crippen MR) is 309 cm³/mol. The largest absolute Gasteiger partial charge is 1.00 e. The van der Waals surface area contributed by atoms with Gasteiger partial charge in [-0.15, -0.1) is 23.1 Å². The normalized spacial score (nSPS) is 18.6. The van der Waals surface area contributed by atoms with Crippen molar-refractivity contribution < 1.29 is 75.9 Å². The van der Waals surface area contributed by atoms with Crippen LogP contribution >= 0.6 is 46.3 Å². The van der Waals surface area contributed by atoms with Gasteiger partial charge in [-0.05, 0) is 52.6 Å². The van der Waals surface area contributed by atoms with Gasteiger partial charge >= 0.3 is 12.1 Å². The molecule has 5 heterocycles. The van der Waals surface area contributed by atoms with Gasteiger partial charge in [-0.2, -0.15) is 0 Å². The van der Waals surface area contributed by atoms with Gasteiger partial charge in [0.1, 0.15) is 66.3 Å². The maximum atomic E-state index is 16.0. The highest BCUT2D eigenvalue weighted by atomic mass is 127. The third kappa shape index (κ3) is 12.7. The third-order valence-corrected chi connectivity index (χ3v) is 17.2. The van der Waals surface area contributed by atoms with Gasteiger partial charge in [0.15, 0.2) is 15.7 Å². The van der Waals surface area contributed by atoms with Crippen LogP contribution in [0.15, 0.2) is 155 Å². The minimum absolute atomic E-state index is 0. The number of thiazole rings is 1. The molecule has 0 spiro atoms. The van der Waals surface area contributed by atoms with Crippen LogP contribution in [0.25, 0.3) is 0 Å². The van der Waals surface area contributed by atoms with Crippen molar-refractivity contribution in [2.45, 2.75) is 34.5 Å². The van der Waals surface area contributed by atoms with Crippen molar-refractivity contribution in [3.63, 3.8) is 0 Å². The van der Waals surface area contributed by atoms with Gasteiger partial charge in [0.25, 0.3) is 17.7 Å². The number of carbonyl (C=O) groups excluding carboxylic acids is 5. The van der Waals surface area contributed by atoms with Crippen LogP contribution in [0.4, 0.5) is 25.7 Å². The molecule has 5 aromatic carbocycles. The standard InChI is InChI=1S/C58H56Cl2FN9O9S2.HI/c1-70(27-25-67(26-28-70)46-24-21-41(29-44(46)61)68-31-43(79-57(68)75)30-62-52(72)50(59)60)32-37-34-80-54-48(53(73)69(54)49(37)55(74)78-33-36-19-22-42(76-2)23-20-36)64-51(71)47(66-77-3)45-35-81-56(63-45)65-58(38-13-7-4-8-14-38,39-15-9-5-10-16-39)40-17-11-6-12-18-40;/h4-24,29,35,43,48,50,54H,25-28,30-34H2,1-3H3,(H2-,62,63,64,65,71,72);1H/b66-47-;/t43-,48+,54?;/m0./s1. The second-order valence-electron chi connectivity index (χ2n) is 19.9. The number of nitrogens with one attached hydrogen (secondary N) is 3. The van der Waals surface area contributed by atoms with Crippen LogP contribution in [0.3, 0.4) is 0 Å². The first-order valence-corrected chi connectivity index (χ1v) is 28.7. The number of fused-ring (bicyclic) bond motifs is 1. The van der Waals surface area contributed by atoms with Crippen LogP contribution < -0.4 is 54.5 Å². The number of amides is 4. The molecule has 3 fully saturated rings. The second-order valence-corrected chi connectivity index (χ2v) is 22.9. The third-order valence-electron chi connectivity index (χ3n) is 14.7. The summed E-state index contributed by atoms with van der Waals surface area (Å²) >= 11 is 13.9. The number of cyclic esters (lactones) is 1. The summed E-state index contributed by atoms with van der Waals surface area (Å²) in [4.78, 5) is 81.3. The van der Waals surface area contributed by atoms with E-state index in [0.29, 0.717) is 76.4 Å². The molecule has 4 aliphatic rings. The number of β-lactam (4-membered cyclic amide) rings is 1. The molecular weight excluding hydrogens is 1250 g/mol. The zero-order chi connectivity index (χ0) is 56.8. The lowest BCUT2D eigenvalue weighted by Crippen LogP contribution is -3.00. The first-order chi connectivity index (χ1) is 39.2. The van der Waals surface area contributed by atoms with E-state index in [2.05, 4.69) is 64.6 Å². The highest BCUT2D eigenvalue weighted by molar-refractivity contribution is 8.00. The lowest BCUT2D eigenvalue weighted by Gasteiger charge is -2.50. The van der Waals surface area contributed by atoms with Crippen molar-refractivity contribution in [3.05, 3.63) is 184 Å². The maximum Gasteiger partial charge on any atom is 0.414 e. The summed E-state index contributed by atoms with van der Waals surface area (Å²) in [7, 11) is 4.94. The lowest BCUT2D eigenvalue weighted by atomic mass is 9.77. The molecule has 6 aromatic rings. The Hall–Kier alpha value is -6.96. The topological polar surface area (TPSA) is 193 Å². The smallest absolute Gasteiger partial charge is 0.414 e. The van der Waals surface area contributed by atoms with E-state index in [1.54, 1.807) is 48.9 Å². The monoisotopic (exact) mass is 1300 g/mol. The fraction of sp³-hybridized carbons (Fsp3) is 0.293. The van der Waals surface area contributed by atoms with Gasteiger partial charge in [-0.1, -0.05) is 131 Å². The number of esters is 1. The molecule has 3 atom stereocenters. The Morgan fingerprint density at radius 2 is 1.54 bits per heavy atom. The molecule has 0 saturated carbocycles. The fourth-order valence-corrected chi connectivity index (χ4v) is 12.7. The molecule has 0 radical (unpaired) electrons. The van der Waals surface area contributed by atoms with E-state index in [0.717, 1.165) is 16.7 Å². The number of thioether (sulfide) groups is 1. The number of hydrogen-bond acceptors (Lipinski definition) is 15. The van der Waals surface area contributed by atoms with Crippen molar-refractivity contribution in [2.24, 2.45) is 5.16 Å². The molecule has 3 N–H and O–H groups in total. The molecule has 1 aromatic heterocycles. The molecular formula is C58H57Cl2FIN9O9S2. The molecule has 428 valence electrons. The number of piperazine rings is 1. The number of methoxy groups -OCH3 is 1. The summed E-state index contributed by atoms with van der Waals surface area (Å²) in [6.45, 7) is 2.39. The number of oxime groups is 1. The van der Waals surface area contributed by atoms with Gasteiger partial charge in [0.2, 0.25) is 0 Å². The van der Waals surface area contributed by atoms with Crippen LogP contribution in [-0.4, -0.2) is 145 Å². The number of quaternary nitrogens is 1. The maximum absolute atomic E-state index is 16.0.